The summed E-state index contributed by atoms with van der Waals surface area (Å²) in [6.45, 7) is 0. The van der Waals surface area contributed by atoms with Crippen molar-refractivity contribution < 1.29 is 4.42 Å². The summed E-state index contributed by atoms with van der Waals surface area (Å²) < 4.78 is 6.97. The number of hydrogen-bond acceptors (Lipinski definition) is 3. The van der Waals surface area contributed by atoms with Crippen molar-refractivity contribution in [2.45, 2.75) is 0 Å². The average molecular weight is 881 g/mol. The van der Waals surface area contributed by atoms with Gasteiger partial charge < -0.3 is 14.2 Å². The summed E-state index contributed by atoms with van der Waals surface area (Å²) in [6.07, 6.45) is 0. The van der Waals surface area contributed by atoms with E-state index in [1.807, 2.05) is 0 Å². The van der Waals surface area contributed by atoms with Gasteiger partial charge in [-0.25, -0.2) is 0 Å². The van der Waals surface area contributed by atoms with Crippen LogP contribution in [0.5, 0.6) is 0 Å². The molecule has 0 atom stereocenters. The SMILES string of the molecule is c1ccc(-c2ccc(N(c3ccc(-c4ccccc4)cc3)c3ccc(-c4ccc(N(c5ccccc5)c5cc6ccccc6c6c5oc5ccc7ccccc7c56)cc4)c4ccccc34)cc2)cc1. The Balaban J connectivity index is 0.934. The van der Waals surface area contributed by atoms with Gasteiger partial charge in [-0.05, 0) is 127 Å². The number of benzene rings is 12. The largest absolute Gasteiger partial charge is 0.454 e. The third kappa shape index (κ3) is 7.08. The molecule has 0 aliphatic heterocycles. The standard InChI is InChI=1S/C66H44N2O/c1-4-16-45(17-5-1)47-28-35-53(36-29-47)67(54-37-30-48(31-38-54)46-18-6-2-7-19-46)61-42-41-56(59-26-14-15-27-60(59)61)50-32-39-55(40-33-50)68(52-22-8-3-9-23-52)62-44-51-21-11-13-25-58(51)65-64-57-24-12-10-20-49(57)34-43-63(64)69-66(62)65/h1-44H. The van der Waals surface area contributed by atoms with Crippen molar-refractivity contribution >= 4 is 88.4 Å². The van der Waals surface area contributed by atoms with Gasteiger partial charge in [-0.1, -0.05) is 200 Å². The number of rotatable bonds is 9. The number of anilines is 6. The molecule has 3 nitrogen and oxygen atoms in total. The topological polar surface area (TPSA) is 19.6 Å². The Labute approximate surface area is 401 Å². The molecule has 13 aromatic rings. The summed E-state index contributed by atoms with van der Waals surface area (Å²) in [4.78, 5) is 4.73. The first-order valence-corrected chi connectivity index (χ1v) is 23.6. The van der Waals surface area contributed by atoms with E-state index in [-0.39, 0.29) is 0 Å². The molecule has 0 aliphatic carbocycles. The third-order valence-electron chi connectivity index (χ3n) is 13.6. The van der Waals surface area contributed by atoms with Gasteiger partial charge in [0.15, 0.2) is 5.58 Å². The molecule has 0 unspecified atom stereocenters. The first-order chi connectivity index (χ1) is 34.2. The second-order valence-corrected chi connectivity index (χ2v) is 17.6. The summed E-state index contributed by atoms with van der Waals surface area (Å²) in [5.41, 5.74) is 15.2. The van der Waals surface area contributed by atoms with Crippen LogP contribution in [0.2, 0.25) is 0 Å². The van der Waals surface area contributed by atoms with E-state index in [1.54, 1.807) is 0 Å². The molecule has 0 saturated carbocycles. The quantitative estimate of drug-likeness (QED) is 0.144. The molecule has 0 spiro atoms. The Morgan fingerprint density at radius 3 is 1.29 bits per heavy atom. The highest BCUT2D eigenvalue weighted by Gasteiger charge is 2.24. The van der Waals surface area contributed by atoms with Crippen LogP contribution in [0.15, 0.2) is 271 Å². The van der Waals surface area contributed by atoms with E-state index in [4.69, 9.17) is 4.42 Å². The molecule has 69 heavy (non-hydrogen) atoms. The lowest BCUT2D eigenvalue weighted by atomic mass is 9.95. The lowest BCUT2D eigenvalue weighted by molar-refractivity contribution is 0.669. The summed E-state index contributed by atoms with van der Waals surface area (Å²) in [6, 6.07) is 95.9. The molecule has 1 heterocycles. The first-order valence-electron chi connectivity index (χ1n) is 23.6. The van der Waals surface area contributed by atoms with E-state index in [0.29, 0.717) is 0 Å². The van der Waals surface area contributed by atoms with Crippen LogP contribution in [-0.2, 0) is 0 Å². The lowest BCUT2D eigenvalue weighted by Crippen LogP contribution is -2.11. The van der Waals surface area contributed by atoms with Gasteiger partial charge in [-0.2, -0.15) is 0 Å². The lowest BCUT2D eigenvalue weighted by Gasteiger charge is -2.28. The van der Waals surface area contributed by atoms with Crippen LogP contribution in [0.1, 0.15) is 0 Å². The highest BCUT2D eigenvalue weighted by atomic mass is 16.3. The Morgan fingerprint density at radius 1 is 0.261 bits per heavy atom. The fourth-order valence-corrected chi connectivity index (χ4v) is 10.4. The van der Waals surface area contributed by atoms with Crippen molar-refractivity contribution in [2.24, 2.45) is 0 Å². The molecule has 0 amide bonds. The van der Waals surface area contributed by atoms with Gasteiger partial charge in [-0.15, -0.1) is 0 Å². The molecule has 324 valence electrons. The van der Waals surface area contributed by atoms with Crippen LogP contribution >= 0.6 is 0 Å². The Kier molecular flexibility index (Phi) is 9.84. The smallest absolute Gasteiger partial charge is 0.160 e. The van der Waals surface area contributed by atoms with Crippen LogP contribution in [0.4, 0.5) is 34.1 Å². The van der Waals surface area contributed by atoms with E-state index >= 15 is 0 Å². The van der Waals surface area contributed by atoms with Crippen molar-refractivity contribution in [3.05, 3.63) is 267 Å². The zero-order valence-corrected chi connectivity index (χ0v) is 37.7. The zero-order valence-electron chi connectivity index (χ0n) is 37.7. The van der Waals surface area contributed by atoms with Crippen LogP contribution in [-0.4, -0.2) is 0 Å². The summed E-state index contributed by atoms with van der Waals surface area (Å²) in [5, 5.41) is 9.35. The van der Waals surface area contributed by atoms with Gasteiger partial charge in [0.25, 0.3) is 0 Å². The molecule has 0 fully saturated rings. The maximum Gasteiger partial charge on any atom is 0.160 e. The molecule has 3 heteroatoms. The second-order valence-electron chi connectivity index (χ2n) is 17.6. The second kappa shape index (κ2) is 16.9. The Bertz CT molecular complexity index is 3890. The fourth-order valence-electron chi connectivity index (χ4n) is 10.4. The Morgan fingerprint density at radius 2 is 0.696 bits per heavy atom. The minimum Gasteiger partial charge on any atom is -0.454 e. The zero-order chi connectivity index (χ0) is 45.7. The van der Waals surface area contributed by atoms with Gasteiger partial charge in [0, 0.05) is 38.9 Å². The third-order valence-corrected chi connectivity index (χ3v) is 13.6. The maximum absolute atomic E-state index is 6.97. The van der Waals surface area contributed by atoms with Crippen molar-refractivity contribution in [2.75, 3.05) is 9.80 Å². The van der Waals surface area contributed by atoms with Crippen molar-refractivity contribution in [1.29, 1.82) is 0 Å². The maximum atomic E-state index is 6.97. The summed E-state index contributed by atoms with van der Waals surface area (Å²) >= 11 is 0. The van der Waals surface area contributed by atoms with Crippen LogP contribution in [0.3, 0.4) is 0 Å². The number of nitrogens with zero attached hydrogens (tertiary/aromatic N) is 2. The van der Waals surface area contributed by atoms with E-state index in [1.165, 1.54) is 54.7 Å². The predicted octanol–water partition coefficient (Wildman–Crippen LogP) is 19.0. The first kappa shape index (κ1) is 40.1. The minimum absolute atomic E-state index is 0.864. The molecular formula is C66H44N2O. The van der Waals surface area contributed by atoms with Crippen LogP contribution in [0.25, 0.3) is 87.6 Å². The van der Waals surface area contributed by atoms with E-state index in [9.17, 15) is 0 Å². The van der Waals surface area contributed by atoms with E-state index in [2.05, 4.69) is 277 Å². The number of fused-ring (bicyclic) bond motifs is 8. The van der Waals surface area contributed by atoms with Crippen LogP contribution in [0, 0.1) is 0 Å². The highest BCUT2D eigenvalue weighted by molar-refractivity contribution is 6.29. The molecule has 1 aromatic heterocycles. The molecule has 12 aromatic carbocycles. The number of furan rings is 1. The monoisotopic (exact) mass is 880 g/mol. The van der Waals surface area contributed by atoms with Gasteiger partial charge in [-0.3, -0.25) is 0 Å². The summed E-state index contributed by atoms with van der Waals surface area (Å²) in [7, 11) is 0. The summed E-state index contributed by atoms with van der Waals surface area (Å²) in [5.74, 6) is 0. The van der Waals surface area contributed by atoms with Crippen molar-refractivity contribution in [3.8, 4) is 33.4 Å². The normalized spacial score (nSPS) is 11.5. The number of para-hydroxylation sites is 1. The molecule has 0 aliphatic rings. The van der Waals surface area contributed by atoms with Crippen molar-refractivity contribution in [3.63, 3.8) is 0 Å². The van der Waals surface area contributed by atoms with Crippen molar-refractivity contribution in [1.82, 2.24) is 0 Å². The van der Waals surface area contributed by atoms with E-state index < -0.39 is 0 Å². The van der Waals surface area contributed by atoms with Gasteiger partial charge >= 0.3 is 0 Å². The Hall–Kier alpha value is -9.18. The fraction of sp³-hybridized carbons (Fsp3) is 0. The number of hydrogen-bond donors (Lipinski definition) is 0. The van der Waals surface area contributed by atoms with E-state index in [0.717, 1.165) is 67.0 Å². The van der Waals surface area contributed by atoms with Gasteiger partial charge in [0.2, 0.25) is 0 Å². The van der Waals surface area contributed by atoms with Gasteiger partial charge in [0.1, 0.15) is 5.58 Å². The molecule has 0 radical (unpaired) electrons. The molecule has 0 saturated heterocycles. The minimum atomic E-state index is 0.864. The predicted molar refractivity (Wildman–Crippen MR) is 292 cm³/mol. The molecule has 13 rings (SSSR count). The molecule has 0 bridgehead atoms. The molecule has 0 N–H and O–H groups in total. The molecular weight excluding hydrogens is 837 g/mol. The van der Waals surface area contributed by atoms with Gasteiger partial charge in [0.05, 0.1) is 11.4 Å². The highest BCUT2D eigenvalue weighted by Crippen LogP contribution is 2.48. The average Bonchev–Trinajstić information content (AvgIpc) is 3.84. The van der Waals surface area contributed by atoms with Crippen LogP contribution < -0.4 is 9.80 Å².